The average molecular weight is 291 g/mol. The number of carbonyl (C=O) groups excluding carboxylic acids is 1. The van der Waals surface area contributed by atoms with Gasteiger partial charge in [-0.3, -0.25) is 9.59 Å². The van der Waals surface area contributed by atoms with E-state index in [0.717, 1.165) is 17.7 Å². The van der Waals surface area contributed by atoms with Crippen LogP contribution in [0.4, 0.5) is 0 Å². The van der Waals surface area contributed by atoms with Crippen molar-refractivity contribution in [3.05, 3.63) is 29.8 Å². The van der Waals surface area contributed by atoms with Gasteiger partial charge in [0.25, 0.3) is 0 Å². The normalized spacial score (nSPS) is 19.9. The number of rotatable bonds is 4. The van der Waals surface area contributed by atoms with E-state index < -0.39 is 11.9 Å². The van der Waals surface area contributed by atoms with Gasteiger partial charge < -0.3 is 14.7 Å². The lowest BCUT2D eigenvalue weighted by Crippen LogP contribution is -2.43. The van der Waals surface area contributed by atoms with E-state index >= 15 is 0 Å². The number of likely N-dealkylation sites (tertiary alicyclic amines) is 1. The molecule has 5 heteroatoms. The number of hydrogen-bond acceptors (Lipinski definition) is 3. The van der Waals surface area contributed by atoms with Gasteiger partial charge in [-0.2, -0.15) is 0 Å². The van der Waals surface area contributed by atoms with Gasteiger partial charge in [-0.1, -0.05) is 12.1 Å². The summed E-state index contributed by atoms with van der Waals surface area (Å²) < 4.78 is 5.11. The molecule has 5 nitrogen and oxygen atoms in total. The Bertz CT molecular complexity index is 512. The molecule has 0 spiro atoms. The van der Waals surface area contributed by atoms with Crippen LogP contribution in [-0.4, -0.2) is 42.1 Å². The zero-order chi connectivity index (χ0) is 15.4. The van der Waals surface area contributed by atoms with Gasteiger partial charge in [0.1, 0.15) is 5.75 Å². The van der Waals surface area contributed by atoms with Crippen LogP contribution in [0.15, 0.2) is 24.3 Å². The summed E-state index contributed by atoms with van der Waals surface area (Å²) in [6.07, 6.45) is 1.40. The lowest BCUT2D eigenvalue weighted by molar-refractivity contribution is -0.146. The van der Waals surface area contributed by atoms with Crippen LogP contribution < -0.4 is 4.74 Å². The molecule has 0 radical (unpaired) electrons. The van der Waals surface area contributed by atoms with Crippen LogP contribution in [0.2, 0.25) is 0 Å². The zero-order valence-corrected chi connectivity index (χ0v) is 12.4. The minimum atomic E-state index is -0.815. The van der Waals surface area contributed by atoms with Crippen molar-refractivity contribution < 1.29 is 19.4 Å². The van der Waals surface area contributed by atoms with Gasteiger partial charge in [0.05, 0.1) is 18.9 Å². The summed E-state index contributed by atoms with van der Waals surface area (Å²) in [5, 5.41) is 9.10. The molecular weight excluding hydrogens is 270 g/mol. The second-order valence-electron chi connectivity index (χ2n) is 5.46. The first kappa shape index (κ1) is 15.4. The molecule has 0 unspecified atom stereocenters. The number of amides is 1. The second-order valence-corrected chi connectivity index (χ2v) is 5.46. The van der Waals surface area contributed by atoms with Crippen LogP contribution in [0, 0.1) is 5.92 Å². The first-order valence-corrected chi connectivity index (χ1v) is 7.18. The van der Waals surface area contributed by atoms with Gasteiger partial charge in [-0.15, -0.1) is 0 Å². The fourth-order valence-corrected chi connectivity index (χ4v) is 2.69. The van der Waals surface area contributed by atoms with Gasteiger partial charge in [0, 0.05) is 13.1 Å². The molecule has 1 amide bonds. The van der Waals surface area contributed by atoms with E-state index in [0.29, 0.717) is 19.5 Å². The number of aliphatic carboxylic acids is 1. The number of nitrogens with zero attached hydrogens (tertiary/aromatic N) is 1. The Morgan fingerprint density at radius 1 is 1.33 bits per heavy atom. The highest BCUT2D eigenvalue weighted by Gasteiger charge is 2.30. The van der Waals surface area contributed by atoms with Crippen LogP contribution >= 0.6 is 0 Å². The molecule has 1 aliphatic heterocycles. The number of carboxylic acid groups (broad SMARTS) is 1. The van der Waals surface area contributed by atoms with Crippen LogP contribution in [0.1, 0.15) is 31.2 Å². The molecule has 1 aromatic rings. The third-order valence-corrected chi connectivity index (χ3v) is 4.07. The molecule has 1 fully saturated rings. The van der Waals surface area contributed by atoms with Crippen molar-refractivity contribution in [1.29, 1.82) is 0 Å². The predicted molar refractivity (Wildman–Crippen MR) is 78.3 cm³/mol. The minimum Gasteiger partial charge on any atom is -0.497 e. The van der Waals surface area contributed by atoms with Crippen molar-refractivity contribution in [1.82, 2.24) is 4.90 Å². The van der Waals surface area contributed by atoms with Crippen LogP contribution in [-0.2, 0) is 9.59 Å². The standard InChI is InChI=1S/C16H21NO4/c1-11(12-5-7-14(21-2)8-6-12)15(18)17-9-3-4-13(10-17)16(19)20/h5-8,11,13H,3-4,9-10H2,1-2H3,(H,19,20)/t11-,13+/m1/s1. The third kappa shape index (κ3) is 3.54. The average Bonchev–Trinajstić information content (AvgIpc) is 2.53. The fraction of sp³-hybridized carbons (Fsp3) is 0.500. The van der Waals surface area contributed by atoms with Crippen LogP contribution in [0.25, 0.3) is 0 Å². The number of methoxy groups -OCH3 is 1. The Morgan fingerprint density at radius 3 is 2.57 bits per heavy atom. The molecule has 2 atom stereocenters. The highest BCUT2D eigenvalue weighted by Crippen LogP contribution is 2.24. The summed E-state index contributed by atoms with van der Waals surface area (Å²) in [5.41, 5.74) is 0.915. The van der Waals surface area contributed by atoms with Crippen molar-refractivity contribution in [2.45, 2.75) is 25.7 Å². The zero-order valence-electron chi connectivity index (χ0n) is 12.4. The molecular formula is C16H21NO4. The van der Waals surface area contributed by atoms with Gasteiger partial charge >= 0.3 is 5.97 Å². The van der Waals surface area contributed by atoms with Gasteiger partial charge in [0.2, 0.25) is 5.91 Å². The summed E-state index contributed by atoms with van der Waals surface area (Å²) in [6.45, 7) is 2.81. The lowest BCUT2D eigenvalue weighted by atomic mass is 9.94. The largest absolute Gasteiger partial charge is 0.497 e. The molecule has 114 valence electrons. The van der Waals surface area contributed by atoms with E-state index in [1.807, 2.05) is 31.2 Å². The first-order chi connectivity index (χ1) is 10.0. The summed E-state index contributed by atoms with van der Waals surface area (Å²) in [4.78, 5) is 25.3. The summed E-state index contributed by atoms with van der Waals surface area (Å²) >= 11 is 0. The molecule has 1 saturated heterocycles. The Morgan fingerprint density at radius 2 is 2.00 bits per heavy atom. The van der Waals surface area contributed by atoms with Crippen molar-refractivity contribution in [2.75, 3.05) is 20.2 Å². The lowest BCUT2D eigenvalue weighted by Gasteiger charge is -2.32. The summed E-state index contributed by atoms with van der Waals surface area (Å²) in [7, 11) is 1.60. The topological polar surface area (TPSA) is 66.8 Å². The van der Waals surface area contributed by atoms with Crippen LogP contribution in [0.3, 0.4) is 0 Å². The van der Waals surface area contributed by atoms with E-state index in [2.05, 4.69) is 0 Å². The molecule has 1 aliphatic rings. The van der Waals surface area contributed by atoms with Crippen molar-refractivity contribution >= 4 is 11.9 Å². The Hall–Kier alpha value is -2.04. The highest BCUT2D eigenvalue weighted by atomic mass is 16.5. The Labute approximate surface area is 124 Å². The van der Waals surface area contributed by atoms with Gasteiger partial charge in [-0.05, 0) is 37.5 Å². The molecule has 0 bridgehead atoms. The summed E-state index contributed by atoms with van der Waals surface area (Å²) in [6, 6.07) is 7.41. The molecule has 0 aromatic heterocycles. The number of piperidine rings is 1. The number of carboxylic acids is 1. The predicted octanol–water partition coefficient (Wildman–Crippen LogP) is 2.12. The second kappa shape index (κ2) is 6.61. The fourth-order valence-electron chi connectivity index (χ4n) is 2.69. The van der Waals surface area contributed by atoms with Crippen LogP contribution in [0.5, 0.6) is 5.75 Å². The SMILES string of the molecule is COc1ccc([C@@H](C)C(=O)N2CCC[C@H](C(=O)O)C2)cc1. The molecule has 21 heavy (non-hydrogen) atoms. The quantitative estimate of drug-likeness (QED) is 0.922. The maximum atomic E-state index is 12.5. The maximum absolute atomic E-state index is 12.5. The summed E-state index contributed by atoms with van der Waals surface area (Å²) in [5.74, 6) is -0.785. The smallest absolute Gasteiger partial charge is 0.308 e. The highest BCUT2D eigenvalue weighted by molar-refractivity contribution is 5.84. The maximum Gasteiger partial charge on any atom is 0.308 e. The monoisotopic (exact) mass is 291 g/mol. The molecule has 1 heterocycles. The van der Waals surface area contributed by atoms with Crippen molar-refractivity contribution in [3.8, 4) is 5.75 Å². The Kier molecular flexibility index (Phi) is 4.83. The number of benzene rings is 1. The van der Waals surface area contributed by atoms with Crippen molar-refractivity contribution in [3.63, 3.8) is 0 Å². The van der Waals surface area contributed by atoms with E-state index in [9.17, 15) is 9.59 Å². The number of ether oxygens (including phenoxy) is 1. The molecule has 0 saturated carbocycles. The Balaban J connectivity index is 2.05. The minimum absolute atomic E-state index is 0.00823. The van der Waals surface area contributed by atoms with E-state index in [1.54, 1.807) is 12.0 Å². The molecule has 0 aliphatic carbocycles. The van der Waals surface area contributed by atoms with E-state index in [4.69, 9.17) is 9.84 Å². The van der Waals surface area contributed by atoms with Crippen molar-refractivity contribution in [2.24, 2.45) is 5.92 Å². The molecule has 1 aromatic carbocycles. The van der Waals surface area contributed by atoms with Gasteiger partial charge in [0.15, 0.2) is 0 Å². The van der Waals surface area contributed by atoms with Gasteiger partial charge in [-0.25, -0.2) is 0 Å². The number of carbonyl (C=O) groups is 2. The van der Waals surface area contributed by atoms with E-state index in [-0.39, 0.29) is 11.8 Å². The first-order valence-electron chi connectivity index (χ1n) is 7.18. The third-order valence-electron chi connectivity index (χ3n) is 4.07. The van der Waals surface area contributed by atoms with E-state index in [1.165, 1.54) is 0 Å². The molecule has 2 rings (SSSR count). The molecule has 1 N–H and O–H groups in total. The number of hydrogen-bond donors (Lipinski definition) is 1.